The van der Waals surface area contributed by atoms with Crippen molar-refractivity contribution in [2.75, 3.05) is 31.1 Å². The molecule has 1 atom stereocenters. The minimum Gasteiger partial charge on any atom is -0.314 e. The topological polar surface area (TPSA) is 49.4 Å². The van der Waals surface area contributed by atoms with Gasteiger partial charge in [0.1, 0.15) is 9.84 Å². The van der Waals surface area contributed by atoms with Gasteiger partial charge in [-0.2, -0.15) is 0 Å². The second-order valence-corrected chi connectivity index (χ2v) is 7.94. The molecule has 1 unspecified atom stereocenters. The van der Waals surface area contributed by atoms with Gasteiger partial charge in [-0.25, -0.2) is 8.42 Å². The highest BCUT2D eigenvalue weighted by Crippen LogP contribution is 2.23. The van der Waals surface area contributed by atoms with Crippen LogP contribution in [-0.4, -0.2) is 56.5 Å². The first-order valence-electron chi connectivity index (χ1n) is 6.66. The minimum absolute atomic E-state index is 0.381. The fourth-order valence-electron chi connectivity index (χ4n) is 3.02. The molecule has 0 aromatic heterocycles. The van der Waals surface area contributed by atoms with Gasteiger partial charge in [-0.15, -0.1) is 0 Å². The molecule has 0 saturated carbocycles. The summed E-state index contributed by atoms with van der Waals surface area (Å²) in [5, 5.41) is 3.44. The van der Waals surface area contributed by atoms with Gasteiger partial charge in [0.25, 0.3) is 0 Å². The third-order valence-corrected chi connectivity index (χ3v) is 5.80. The van der Waals surface area contributed by atoms with Crippen molar-refractivity contribution >= 4 is 9.84 Å². The number of piperazine rings is 1. The first kappa shape index (κ1) is 13.3. The van der Waals surface area contributed by atoms with E-state index in [0.717, 1.165) is 32.5 Å². The van der Waals surface area contributed by atoms with Crippen molar-refractivity contribution in [3.05, 3.63) is 0 Å². The van der Waals surface area contributed by atoms with Gasteiger partial charge in [-0.1, -0.05) is 13.8 Å². The van der Waals surface area contributed by atoms with E-state index in [2.05, 4.69) is 24.1 Å². The first-order chi connectivity index (χ1) is 7.99. The summed E-state index contributed by atoms with van der Waals surface area (Å²) in [4.78, 5) is 2.55. The van der Waals surface area contributed by atoms with Gasteiger partial charge < -0.3 is 5.32 Å². The zero-order valence-corrected chi connectivity index (χ0v) is 11.7. The summed E-state index contributed by atoms with van der Waals surface area (Å²) in [5.74, 6) is 1.39. The van der Waals surface area contributed by atoms with E-state index in [4.69, 9.17) is 0 Å². The van der Waals surface area contributed by atoms with Crippen molar-refractivity contribution in [3.63, 3.8) is 0 Å². The lowest BCUT2D eigenvalue weighted by Gasteiger charge is -2.44. The molecule has 0 aromatic carbocycles. The molecule has 4 nitrogen and oxygen atoms in total. The van der Waals surface area contributed by atoms with Crippen LogP contribution in [0.1, 0.15) is 26.7 Å². The summed E-state index contributed by atoms with van der Waals surface area (Å²) in [7, 11) is -2.73. The third kappa shape index (κ3) is 3.20. The molecule has 2 saturated heterocycles. The van der Waals surface area contributed by atoms with E-state index in [1.807, 2.05) is 0 Å². The Bertz CT molecular complexity index is 340. The summed E-state index contributed by atoms with van der Waals surface area (Å²) in [6.07, 6.45) is 1.65. The van der Waals surface area contributed by atoms with Crippen LogP contribution < -0.4 is 5.32 Å². The molecule has 17 heavy (non-hydrogen) atoms. The first-order valence-corrected chi connectivity index (χ1v) is 8.48. The molecule has 0 aliphatic carbocycles. The molecular formula is C12H24N2O2S. The van der Waals surface area contributed by atoms with Gasteiger partial charge >= 0.3 is 0 Å². The van der Waals surface area contributed by atoms with E-state index in [0.29, 0.717) is 29.5 Å². The molecule has 1 N–H and O–H groups in total. The second-order valence-electron chi connectivity index (χ2n) is 5.64. The fourth-order valence-corrected chi connectivity index (χ4v) is 4.49. The maximum atomic E-state index is 11.5. The molecule has 2 rings (SSSR count). The summed E-state index contributed by atoms with van der Waals surface area (Å²) >= 11 is 0. The van der Waals surface area contributed by atoms with Gasteiger partial charge in [0.05, 0.1) is 11.5 Å². The highest BCUT2D eigenvalue weighted by Gasteiger charge is 2.34. The average molecular weight is 260 g/mol. The molecule has 100 valence electrons. The minimum atomic E-state index is -2.73. The molecule has 2 fully saturated rings. The highest BCUT2D eigenvalue weighted by atomic mass is 32.2. The quantitative estimate of drug-likeness (QED) is 0.785. The summed E-state index contributed by atoms with van der Waals surface area (Å²) in [5.41, 5.74) is 0. The Morgan fingerprint density at radius 1 is 1.24 bits per heavy atom. The normalized spacial score (nSPS) is 31.8. The van der Waals surface area contributed by atoms with Crippen molar-refractivity contribution in [1.29, 1.82) is 0 Å². The van der Waals surface area contributed by atoms with Crippen LogP contribution in [0.4, 0.5) is 0 Å². The Morgan fingerprint density at radius 2 is 1.88 bits per heavy atom. The van der Waals surface area contributed by atoms with Crippen LogP contribution in [0.3, 0.4) is 0 Å². The summed E-state index contributed by atoms with van der Waals surface area (Å²) in [6, 6.07) is 1.04. The number of hydrogen-bond donors (Lipinski definition) is 1. The van der Waals surface area contributed by atoms with Crippen LogP contribution in [0.2, 0.25) is 0 Å². The molecule has 2 aliphatic rings. The molecule has 2 aliphatic heterocycles. The standard InChI is InChI=1S/C12H24N2O2S/c1-10(2)12-9-13-5-6-14(12)11-3-7-17(15,16)8-4-11/h10-13H,3-9H2,1-2H3. The van der Waals surface area contributed by atoms with Crippen LogP contribution >= 0.6 is 0 Å². The Balaban J connectivity index is 2.00. The van der Waals surface area contributed by atoms with E-state index in [1.165, 1.54) is 0 Å². The number of rotatable bonds is 2. The second kappa shape index (κ2) is 5.24. The molecule has 0 spiro atoms. The van der Waals surface area contributed by atoms with Crippen LogP contribution in [0.15, 0.2) is 0 Å². The van der Waals surface area contributed by atoms with E-state index in [1.54, 1.807) is 0 Å². The molecular weight excluding hydrogens is 236 g/mol. The van der Waals surface area contributed by atoms with Crippen molar-refractivity contribution in [2.24, 2.45) is 5.92 Å². The van der Waals surface area contributed by atoms with Gasteiger partial charge in [-0.05, 0) is 18.8 Å². The maximum Gasteiger partial charge on any atom is 0.150 e. The molecule has 0 aromatic rings. The van der Waals surface area contributed by atoms with Crippen molar-refractivity contribution in [3.8, 4) is 0 Å². The van der Waals surface area contributed by atoms with Crippen LogP contribution in [0.5, 0.6) is 0 Å². The zero-order chi connectivity index (χ0) is 12.5. The SMILES string of the molecule is CC(C)C1CNCCN1C1CCS(=O)(=O)CC1. The van der Waals surface area contributed by atoms with E-state index in [9.17, 15) is 8.42 Å². The number of nitrogens with one attached hydrogen (secondary N) is 1. The number of sulfone groups is 1. The predicted octanol–water partition coefficient (Wildman–Crippen LogP) is 0.493. The van der Waals surface area contributed by atoms with Gasteiger partial charge in [0.2, 0.25) is 0 Å². The zero-order valence-electron chi connectivity index (χ0n) is 10.9. The lowest BCUT2D eigenvalue weighted by atomic mass is 9.96. The Kier molecular flexibility index (Phi) is 4.10. The van der Waals surface area contributed by atoms with Crippen LogP contribution in [-0.2, 0) is 9.84 Å². The van der Waals surface area contributed by atoms with Gasteiger partial charge in [0.15, 0.2) is 0 Å². The van der Waals surface area contributed by atoms with Crippen molar-refractivity contribution < 1.29 is 8.42 Å². The number of nitrogens with zero attached hydrogens (tertiary/aromatic N) is 1. The molecule has 2 heterocycles. The van der Waals surface area contributed by atoms with Gasteiger partial charge in [0, 0.05) is 31.7 Å². The Labute approximate surface area is 105 Å². The van der Waals surface area contributed by atoms with Crippen LogP contribution in [0.25, 0.3) is 0 Å². The van der Waals surface area contributed by atoms with Crippen molar-refractivity contribution in [2.45, 2.75) is 38.8 Å². The molecule has 0 radical (unpaired) electrons. The van der Waals surface area contributed by atoms with E-state index in [-0.39, 0.29) is 0 Å². The molecule has 0 amide bonds. The summed E-state index contributed by atoms with van der Waals surface area (Å²) in [6.45, 7) is 7.65. The Morgan fingerprint density at radius 3 is 2.47 bits per heavy atom. The fraction of sp³-hybridized carbons (Fsp3) is 1.00. The van der Waals surface area contributed by atoms with Gasteiger partial charge in [-0.3, -0.25) is 4.90 Å². The van der Waals surface area contributed by atoms with Crippen LogP contribution in [0, 0.1) is 5.92 Å². The third-order valence-electron chi connectivity index (χ3n) is 4.09. The lowest BCUT2D eigenvalue weighted by molar-refractivity contribution is 0.0715. The maximum absolute atomic E-state index is 11.5. The molecule has 5 heteroatoms. The number of hydrogen-bond acceptors (Lipinski definition) is 4. The summed E-state index contributed by atoms with van der Waals surface area (Å²) < 4.78 is 22.9. The highest BCUT2D eigenvalue weighted by molar-refractivity contribution is 7.91. The Hall–Kier alpha value is -0.130. The smallest absolute Gasteiger partial charge is 0.150 e. The van der Waals surface area contributed by atoms with E-state index < -0.39 is 9.84 Å². The monoisotopic (exact) mass is 260 g/mol. The molecule has 0 bridgehead atoms. The lowest BCUT2D eigenvalue weighted by Crippen LogP contribution is -2.58. The predicted molar refractivity (Wildman–Crippen MR) is 69.9 cm³/mol. The van der Waals surface area contributed by atoms with Crippen molar-refractivity contribution in [1.82, 2.24) is 10.2 Å². The van der Waals surface area contributed by atoms with E-state index >= 15 is 0 Å². The average Bonchev–Trinajstić information content (AvgIpc) is 2.29. The largest absolute Gasteiger partial charge is 0.314 e.